The van der Waals surface area contributed by atoms with Gasteiger partial charge in [0.1, 0.15) is 0 Å². The van der Waals surface area contributed by atoms with Gasteiger partial charge in [-0.1, -0.05) is 96.0 Å². The Morgan fingerprint density at radius 2 is 1.00 bits per heavy atom. The molecular weight excluding hydrogens is 503 g/mol. The quantitative estimate of drug-likeness (QED) is 0.264. The molecule has 6 heteroatoms. The summed E-state index contributed by atoms with van der Waals surface area (Å²) in [6.07, 6.45) is 1.49. The minimum atomic E-state index is -1.37. The van der Waals surface area contributed by atoms with Crippen LogP contribution in [0.25, 0.3) is 11.1 Å². The van der Waals surface area contributed by atoms with Crippen molar-refractivity contribution in [3.8, 4) is 11.1 Å². The number of benzene rings is 4. The summed E-state index contributed by atoms with van der Waals surface area (Å²) in [5, 5.41) is 5.93. The van der Waals surface area contributed by atoms with Gasteiger partial charge in [0.2, 0.25) is 0 Å². The fraction of sp³-hybridized carbons (Fsp3) is 0.161. The fourth-order valence-corrected chi connectivity index (χ4v) is 5.26. The van der Waals surface area contributed by atoms with Crippen molar-refractivity contribution in [3.05, 3.63) is 130 Å². The predicted octanol–water partition coefficient (Wildman–Crippen LogP) is 6.29. The molecule has 0 saturated carbocycles. The summed E-state index contributed by atoms with van der Waals surface area (Å²) in [6.45, 7) is 1.05. The van der Waals surface area contributed by atoms with Crippen molar-refractivity contribution >= 4 is 35.0 Å². The molecule has 0 aliphatic heterocycles. The first kappa shape index (κ1) is 25.1. The number of rotatable bonds is 8. The average Bonchev–Trinajstić information content (AvgIpc) is 3.15. The number of alkyl halides is 2. The van der Waals surface area contributed by atoms with Crippen LogP contribution >= 0.6 is 23.2 Å². The normalized spacial score (nSPS) is 12.9. The van der Waals surface area contributed by atoms with Gasteiger partial charge in [-0.25, -0.2) is 0 Å². The van der Waals surface area contributed by atoms with Crippen LogP contribution in [-0.4, -0.2) is 24.9 Å². The van der Waals surface area contributed by atoms with Crippen molar-refractivity contribution in [3.63, 3.8) is 0 Å². The van der Waals surface area contributed by atoms with E-state index in [1.54, 1.807) is 24.3 Å². The molecule has 5 rings (SSSR count). The Morgan fingerprint density at radius 1 is 0.595 bits per heavy atom. The zero-order valence-corrected chi connectivity index (χ0v) is 21.7. The standard InChI is InChI=1S/C31H26Cl2N2O2/c32-31(33)27-19-23(29(36)34-17-15-21-7-3-1-4-8-21)11-13-25(27)26-14-12-24(20-28(26)31)30(37)35-18-16-22-9-5-2-6-10-22/h1-14,19-20H,15-18H2,(H,34,36)(H,35,37). The molecule has 0 aromatic heterocycles. The van der Waals surface area contributed by atoms with Crippen molar-refractivity contribution < 1.29 is 9.59 Å². The average molecular weight is 529 g/mol. The summed E-state index contributed by atoms with van der Waals surface area (Å²) in [7, 11) is 0. The van der Waals surface area contributed by atoms with Gasteiger partial charge in [0.15, 0.2) is 4.33 Å². The van der Waals surface area contributed by atoms with Crippen LogP contribution in [0.3, 0.4) is 0 Å². The number of fused-ring (bicyclic) bond motifs is 3. The number of hydrogen-bond donors (Lipinski definition) is 2. The van der Waals surface area contributed by atoms with Crippen molar-refractivity contribution in [1.29, 1.82) is 0 Å². The highest BCUT2D eigenvalue weighted by Gasteiger charge is 2.41. The molecule has 4 aromatic rings. The summed E-state index contributed by atoms with van der Waals surface area (Å²) in [4.78, 5) is 25.6. The summed E-state index contributed by atoms with van der Waals surface area (Å²) in [5.74, 6) is -0.366. The third-order valence-electron chi connectivity index (χ3n) is 6.61. The monoisotopic (exact) mass is 528 g/mol. The minimum Gasteiger partial charge on any atom is -0.352 e. The molecule has 0 heterocycles. The molecule has 0 bridgehead atoms. The summed E-state index contributed by atoms with van der Waals surface area (Å²) in [5.41, 5.74) is 6.30. The zero-order valence-electron chi connectivity index (χ0n) is 20.1. The van der Waals surface area contributed by atoms with Crippen molar-refractivity contribution in [2.75, 3.05) is 13.1 Å². The van der Waals surface area contributed by atoms with E-state index in [4.69, 9.17) is 23.2 Å². The number of carbonyl (C=O) groups excluding carboxylic acids is 2. The van der Waals surface area contributed by atoms with Crippen molar-refractivity contribution in [2.24, 2.45) is 0 Å². The predicted molar refractivity (Wildman–Crippen MR) is 149 cm³/mol. The molecule has 2 N–H and O–H groups in total. The first-order chi connectivity index (χ1) is 17.9. The van der Waals surface area contributed by atoms with Gasteiger partial charge in [0.05, 0.1) is 0 Å². The molecule has 186 valence electrons. The second kappa shape index (κ2) is 10.8. The van der Waals surface area contributed by atoms with Crippen molar-refractivity contribution in [2.45, 2.75) is 17.2 Å². The van der Waals surface area contributed by atoms with Gasteiger partial charge >= 0.3 is 0 Å². The topological polar surface area (TPSA) is 58.2 Å². The van der Waals surface area contributed by atoms with E-state index in [0.29, 0.717) is 35.3 Å². The maximum Gasteiger partial charge on any atom is 0.251 e. The fourth-order valence-electron chi connectivity index (χ4n) is 4.64. The third kappa shape index (κ3) is 5.41. The van der Waals surface area contributed by atoms with E-state index in [1.165, 1.54) is 0 Å². The number of halogens is 2. The van der Waals surface area contributed by atoms with E-state index in [0.717, 1.165) is 35.1 Å². The summed E-state index contributed by atoms with van der Waals surface area (Å²) in [6, 6.07) is 30.8. The Morgan fingerprint density at radius 3 is 1.41 bits per heavy atom. The van der Waals surface area contributed by atoms with Crippen LogP contribution in [0, 0.1) is 0 Å². The van der Waals surface area contributed by atoms with Gasteiger partial charge in [-0.05, 0) is 59.4 Å². The second-order valence-corrected chi connectivity index (χ2v) is 10.4. The Bertz CT molecular complexity index is 1330. The highest BCUT2D eigenvalue weighted by Crippen LogP contribution is 2.54. The molecule has 4 nitrogen and oxygen atoms in total. The summed E-state index contributed by atoms with van der Waals surface area (Å²) >= 11 is 13.7. The molecule has 0 saturated heterocycles. The Balaban J connectivity index is 1.27. The van der Waals surface area contributed by atoms with Gasteiger partial charge in [-0.3, -0.25) is 9.59 Å². The Labute approximate surface area is 226 Å². The lowest BCUT2D eigenvalue weighted by Gasteiger charge is -2.17. The molecule has 37 heavy (non-hydrogen) atoms. The Kier molecular flexibility index (Phi) is 7.31. The maximum atomic E-state index is 12.8. The molecule has 0 fully saturated rings. The lowest BCUT2D eigenvalue weighted by atomic mass is 10.0. The largest absolute Gasteiger partial charge is 0.352 e. The van der Waals surface area contributed by atoms with Gasteiger partial charge in [-0.15, -0.1) is 0 Å². The van der Waals surface area contributed by atoms with E-state index < -0.39 is 4.33 Å². The Hall–Kier alpha value is -3.60. The highest BCUT2D eigenvalue weighted by molar-refractivity contribution is 6.51. The van der Waals surface area contributed by atoms with Crippen LogP contribution in [-0.2, 0) is 17.2 Å². The van der Waals surface area contributed by atoms with Crippen LogP contribution in [0.4, 0.5) is 0 Å². The maximum absolute atomic E-state index is 12.8. The minimum absolute atomic E-state index is 0.183. The molecular formula is C31H26Cl2N2O2. The van der Waals surface area contributed by atoms with Gasteiger partial charge in [-0.2, -0.15) is 0 Å². The van der Waals surface area contributed by atoms with Gasteiger partial charge in [0.25, 0.3) is 11.8 Å². The first-order valence-corrected chi connectivity index (χ1v) is 13.0. The molecule has 1 aliphatic rings. The van der Waals surface area contributed by atoms with E-state index >= 15 is 0 Å². The number of nitrogens with one attached hydrogen (secondary N) is 2. The third-order valence-corrected chi connectivity index (χ3v) is 7.43. The SMILES string of the molecule is O=C(NCCc1ccccc1)c1ccc2c(c1)C(Cl)(Cl)c1cc(C(=O)NCCc3ccccc3)ccc1-2. The summed E-state index contributed by atoms with van der Waals surface area (Å²) < 4.78 is -1.37. The molecule has 0 radical (unpaired) electrons. The molecule has 0 spiro atoms. The second-order valence-electron chi connectivity index (χ2n) is 9.08. The molecule has 0 unspecified atom stereocenters. The van der Waals surface area contributed by atoms with Crippen molar-refractivity contribution in [1.82, 2.24) is 10.6 Å². The lowest BCUT2D eigenvalue weighted by molar-refractivity contribution is 0.0946. The van der Waals surface area contributed by atoms with E-state index in [2.05, 4.69) is 10.6 Å². The number of carbonyl (C=O) groups is 2. The zero-order chi connectivity index (χ0) is 25.8. The van der Waals surface area contributed by atoms with Crippen LogP contribution in [0.1, 0.15) is 43.0 Å². The van der Waals surface area contributed by atoms with E-state index in [1.807, 2.05) is 72.8 Å². The number of hydrogen-bond acceptors (Lipinski definition) is 2. The van der Waals surface area contributed by atoms with Crippen LogP contribution < -0.4 is 10.6 Å². The molecule has 2 amide bonds. The lowest BCUT2D eigenvalue weighted by Crippen LogP contribution is -2.26. The highest BCUT2D eigenvalue weighted by atomic mass is 35.5. The van der Waals surface area contributed by atoms with Crippen LogP contribution in [0.2, 0.25) is 0 Å². The van der Waals surface area contributed by atoms with E-state index in [9.17, 15) is 9.59 Å². The molecule has 1 aliphatic carbocycles. The van der Waals surface area contributed by atoms with Gasteiger partial charge in [0, 0.05) is 35.3 Å². The van der Waals surface area contributed by atoms with Crippen LogP contribution in [0.5, 0.6) is 0 Å². The van der Waals surface area contributed by atoms with E-state index in [-0.39, 0.29) is 11.8 Å². The smallest absolute Gasteiger partial charge is 0.251 e. The van der Waals surface area contributed by atoms with Crippen LogP contribution in [0.15, 0.2) is 97.1 Å². The first-order valence-electron chi connectivity index (χ1n) is 12.2. The van der Waals surface area contributed by atoms with Gasteiger partial charge < -0.3 is 10.6 Å². The number of amides is 2. The molecule has 4 aromatic carbocycles. The molecule has 0 atom stereocenters.